The highest BCUT2D eigenvalue weighted by Crippen LogP contribution is 2.26. The lowest BCUT2D eigenvalue weighted by atomic mass is 10.1. The Labute approximate surface area is 582 Å². The van der Waals surface area contributed by atoms with E-state index >= 15 is 0 Å². The van der Waals surface area contributed by atoms with Gasteiger partial charge in [-0.25, -0.2) is 18.8 Å². The molecule has 101 heavy (non-hydrogen) atoms. The molecule has 6 aromatic heterocycles. The maximum atomic E-state index is 13.0. The Morgan fingerprint density at radius 2 is 0.703 bits per heavy atom. The second kappa shape index (κ2) is 31.2. The maximum Gasteiger partial charge on any atom is 0.410 e. The van der Waals surface area contributed by atoms with Gasteiger partial charge in [0, 0.05) is 134 Å². The molecule has 0 unspecified atom stereocenters. The van der Waals surface area contributed by atoms with Crippen molar-refractivity contribution in [2.45, 2.75) is 53.1 Å². The number of pyridine rings is 3. The fourth-order valence-corrected chi connectivity index (χ4v) is 12.2. The van der Waals surface area contributed by atoms with Gasteiger partial charge in [-0.2, -0.15) is 15.3 Å². The topological polar surface area (TPSA) is 263 Å². The van der Waals surface area contributed by atoms with Crippen LogP contribution in [0.2, 0.25) is 0 Å². The van der Waals surface area contributed by atoms with Crippen LogP contribution in [0.5, 0.6) is 0 Å². The van der Waals surface area contributed by atoms with Crippen LogP contribution in [0.15, 0.2) is 215 Å². The Kier molecular flexibility index (Phi) is 21.7. The molecular formula is C78H80N14O9. The van der Waals surface area contributed by atoms with Gasteiger partial charge < -0.3 is 49.0 Å². The van der Waals surface area contributed by atoms with Crippen molar-refractivity contribution in [3.8, 4) is 50.4 Å². The molecule has 0 spiro atoms. The van der Waals surface area contributed by atoms with E-state index in [1.807, 2.05) is 201 Å². The van der Waals surface area contributed by atoms with Gasteiger partial charge in [-0.15, -0.1) is 0 Å². The van der Waals surface area contributed by atoms with Crippen molar-refractivity contribution in [1.29, 1.82) is 0 Å². The van der Waals surface area contributed by atoms with Gasteiger partial charge in [-0.05, 0) is 172 Å². The first-order chi connectivity index (χ1) is 48.4. The fourth-order valence-electron chi connectivity index (χ4n) is 12.2. The number of fused-ring (bicyclic) bond motifs is 3. The maximum absolute atomic E-state index is 13.0. The second-order valence-corrected chi connectivity index (χ2v) is 25.7. The number of para-hydroxylation sites is 3. The number of hydrogen-bond donors (Lipinski definition) is 3. The summed E-state index contributed by atoms with van der Waals surface area (Å²) in [6.45, 7) is 14.2. The highest BCUT2D eigenvalue weighted by Gasteiger charge is 2.29. The predicted molar refractivity (Wildman–Crippen MR) is 392 cm³/mol. The van der Waals surface area contributed by atoms with E-state index in [1.54, 1.807) is 60.8 Å². The quantitative estimate of drug-likeness (QED) is 0.122. The molecule has 3 saturated heterocycles. The van der Waals surface area contributed by atoms with Crippen LogP contribution < -0.4 is 16.7 Å². The van der Waals surface area contributed by atoms with Gasteiger partial charge >= 0.3 is 6.09 Å². The number of carbonyl (C=O) groups excluding carboxylic acids is 5. The number of piperazine rings is 2. The third kappa shape index (κ3) is 16.4. The van der Waals surface area contributed by atoms with Gasteiger partial charge in [-0.1, -0.05) is 62.0 Å². The largest absolute Gasteiger partial charge is 0.444 e. The van der Waals surface area contributed by atoms with Gasteiger partial charge in [0.1, 0.15) is 12.4 Å². The number of aromatic nitrogens is 9. The monoisotopic (exact) mass is 1360 g/mol. The third-order valence-electron chi connectivity index (χ3n) is 17.7. The summed E-state index contributed by atoms with van der Waals surface area (Å²) in [5.74, 6) is 0.0628. The molecule has 0 atom stereocenters. The van der Waals surface area contributed by atoms with E-state index in [-0.39, 0.29) is 47.9 Å². The minimum Gasteiger partial charge on any atom is -0.444 e. The fraction of sp³-hybridized carbons (Fsp3) is 0.244. The summed E-state index contributed by atoms with van der Waals surface area (Å²) in [7, 11) is 2.07. The zero-order chi connectivity index (χ0) is 70.0. The van der Waals surface area contributed by atoms with Crippen LogP contribution in [0.4, 0.5) is 4.79 Å². The van der Waals surface area contributed by atoms with E-state index in [9.17, 15) is 33.6 Å². The Morgan fingerprint density at radius 1 is 0.406 bits per heavy atom. The Hall–Kier alpha value is -12.1. The average molecular weight is 1360 g/mol. The van der Waals surface area contributed by atoms with Gasteiger partial charge in [-0.3, -0.25) is 28.8 Å². The van der Waals surface area contributed by atoms with Gasteiger partial charge in [0.25, 0.3) is 34.4 Å². The summed E-state index contributed by atoms with van der Waals surface area (Å²) in [4.78, 5) is 115. The van der Waals surface area contributed by atoms with Crippen LogP contribution in [0.1, 0.15) is 78.5 Å². The molecule has 3 aliphatic heterocycles. The van der Waals surface area contributed by atoms with E-state index in [0.717, 1.165) is 113 Å². The lowest BCUT2D eigenvalue weighted by Gasteiger charge is -2.35. The number of likely N-dealkylation sites (N-methyl/N-ethyl adjacent to an activating group) is 1. The van der Waals surface area contributed by atoms with Crippen molar-refractivity contribution in [2.75, 3.05) is 72.5 Å². The summed E-state index contributed by atoms with van der Waals surface area (Å²) in [5, 5.41) is 16.1. The zero-order valence-corrected chi connectivity index (χ0v) is 56.0. The standard InChI is InChI=1S/C28H29N5O4.C24H23N5O2.C24H22N4O2.CH2O.CH4/c1-28(2,3)37-27(36)32-14-12-31(13-15-32)26(35)19-8-10-22(11-9-19)33-18-21(17-29-33)23-16-20-6-4-5-7-24(20)30-25(23)34;1-27-10-12-28(13-11-27)24(31)17-6-8-20(9-7-17)29-16-19(15-25-29)21-14-18-4-2-3-5-22(18)26-23(21)30;29-23-21(14-18-6-2-3-7-22(18)26-23)19-15-25-28(16-19)20-10-8-17(9-11-20)24(30)27-12-4-1-5-13-27;1-2;/h4-11,16-18H,12-15H2,1-3H3,(H,30,34);2-9,14-16H,10-13H2,1H3,(H,26,30);2-3,6-11,14-16H,1,4-5,12-13H2,(H,26,29);1H2;1H4. The van der Waals surface area contributed by atoms with Crippen molar-refractivity contribution in [2.24, 2.45) is 0 Å². The summed E-state index contributed by atoms with van der Waals surface area (Å²) in [6, 6.07) is 50.7. The van der Waals surface area contributed by atoms with E-state index in [1.165, 1.54) is 6.42 Å². The highest BCUT2D eigenvalue weighted by molar-refractivity contribution is 5.96. The molecule has 0 aliphatic carbocycles. The van der Waals surface area contributed by atoms with Gasteiger partial charge in [0.15, 0.2) is 0 Å². The molecule has 0 radical (unpaired) electrons. The molecule has 12 aromatic rings. The summed E-state index contributed by atoms with van der Waals surface area (Å²) < 4.78 is 10.5. The summed E-state index contributed by atoms with van der Waals surface area (Å²) in [6.07, 6.45) is 13.5. The van der Waals surface area contributed by atoms with Crippen molar-refractivity contribution < 1.29 is 28.7 Å². The van der Waals surface area contributed by atoms with Crippen LogP contribution >= 0.6 is 0 Å². The van der Waals surface area contributed by atoms with Crippen LogP contribution in [-0.4, -0.2) is 177 Å². The van der Waals surface area contributed by atoms with Crippen molar-refractivity contribution in [3.63, 3.8) is 0 Å². The molecule has 0 bridgehead atoms. The van der Waals surface area contributed by atoms with E-state index in [2.05, 4.69) is 42.2 Å². The predicted octanol–water partition coefficient (Wildman–Crippen LogP) is 11.3. The van der Waals surface area contributed by atoms with Crippen LogP contribution in [-0.2, 0) is 9.53 Å². The number of benzene rings is 6. The number of hydrogen-bond acceptors (Lipinski definition) is 13. The average Bonchev–Trinajstić information content (AvgIpc) is 1.76. The number of H-pyrrole nitrogens is 3. The van der Waals surface area contributed by atoms with Gasteiger partial charge in [0.2, 0.25) is 0 Å². The SMILES string of the molecule is C.C=O.CC(C)(C)OC(=O)N1CCN(C(=O)c2ccc(-n3cc(-c4cc5ccccc5[nH]c4=O)cn3)cc2)CC1.CN1CCN(C(=O)c2ccc(-n3cc(-c4cc5ccccc5[nH]c4=O)cn3)cc2)CC1.O=C(c1ccc(-n2cc(-c3cc4ccccc4[nH]c3=O)cn2)cc1)N1CCCCC1. The molecule has 3 N–H and O–H groups in total. The number of aromatic amines is 3. The first-order valence-electron chi connectivity index (χ1n) is 33.1. The molecule has 15 rings (SSSR count). The molecule has 3 aliphatic rings. The number of piperidine rings is 1. The number of ether oxygens (including phenoxy) is 1. The Bertz CT molecular complexity index is 5100. The third-order valence-corrected chi connectivity index (χ3v) is 17.7. The number of nitrogens with zero attached hydrogens (tertiary/aromatic N) is 11. The minimum absolute atomic E-state index is 0. The lowest BCUT2D eigenvalue weighted by Crippen LogP contribution is -2.51. The summed E-state index contributed by atoms with van der Waals surface area (Å²) in [5.41, 5.74) is 9.66. The number of amides is 4. The number of carbonyl (C=O) groups is 5. The molecule has 3 fully saturated rings. The van der Waals surface area contributed by atoms with Gasteiger partial charge in [0.05, 0.1) is 52.3 Å². The Balaban J connectivity index is 0.000000151. The summed E-state index contributed by atoms with van der Waals surface area (Å²) >= 11 is 0. The Morgan fingerprint density at radius 3 is 1.03 bits per heavy atom. The number of nitrogens with one attached hydrogen (secondary N) is 3. The molecule has 6 aromatic carbocycles. The highest BCUT2D eigenvalue weighted by atomic mass is 16.6. The molecule has 4 amide bonds. The first-order valence-corrected chi connectivity index (χ1v) is 33.1. The van der Waals surface area contributed by atoms with Crippen LogP contribution in [0.3, 0.4) is 0 Å². The second-order valence-electron chi connectivity index (χ2n) is 25.7. The lowest BCUT2D eigenvalue weighted by molar-refractivity contribution is -0.0980. The molecule has 23 heteroatoms. The van der Waals surface area contributed by atoms with Crippen LogP contribution in [0, 0.1) is 0 Å². The first kappa shape index (κ1) is 70.2. The molecule has 9 heterocycles. The van der Waals surface area contributed by atoms with Crippen molar-refractivity contribution in [1.82, 2.24) is 68.8 Å². The normalized spacial score (nSPS) is 14.0. The molecule has 23 nitrogen and oxygen atoms in total. The van der Waals surface area contributed by atoms with E-state index in [4.69, 9.17) is 9.53 Å². The van der Waals surface area contributed by atoms with E-state index < -0.39 is 5.60 Å². The van der Waals surface area contributed by atoms with Crippen molar-refractivity contribution >= 4 is 63.3 Å². The number of rotatable bonds is 9. The van der Waals surface area contributed by atoms with Crippen molar-refractivity contribution in [3.05, 3.63) is 249 Å². The number of likely N-dealkylation sites (tertiary alicyclic amines) is 1. The minimum atomic E-state index is -0.549. The smallest absolute Gasteiger partial charge is 0.410 e. The molecule has 0 saturated carbocycles. The molecular weight excluding hydrogens is 1280 g/mol. The van der Waals surface area contributed by atoms with E-state index in [0.29, 0.717) is 65.1 Å². The van der Waals surface area contributed by atoms with Crippen LogP contribution in [0.25, 0.3) is 83.2 Å². The molecule has 516 valence electrons. The zero-order valence-electron chi connectivity index (χ0n) is 56.0.